The molecule has 0 spiro atoms. The predicted octanol–water partition coefficient (Wildman–Crippen LogP) is 3.65. The summed E-state index contributed by atoms with van der Waals surface area (Å²) in [6, 6.07) is 15.8. The first-order chi connectivity index (χ1) is 13.5. The van der Waals surface area contributed by atoms with Crippen LogP contribution in [0, 0.1) is 0 Å². The molecule has 0 saturated carbocycles. The summed E-state index contributed by atoms with van der Waals surface area (Å²) in [6.45, 7) is 2.07. The Hall–Kier alpha value is -3.04. The van der Waals surface area contributed by atoms with E-state index in [2.05, 4.69) is 32.2 Å². The van der Waals surface area contributed by atoms with Crippen LogP contribution in [-0.4, -0.2) is 23.5 Å². The van der Waals surface area contributed by atoms with E-state index in [1.807, 2.05) is 24.3 Å². The molecule has 0 radical (unpaired) electrons. The van der Waals surface area contributed by atoms with Crippen LogP contribution < -0.4 is 15.4 Å². The number of anilines is 3. The maximum Gasteiger partial charge on any atom is 0.264 e. The molecule has 28 heavy (non-hydrogen) atoms. The fourth-order valence-corrected chi connectivity index (χ4v) is 3.67. The number of hydrogen-bond donors (Lipinski definition) is 3. The quantitative estimate of drug-likeness (QED) is 0.531. The molecule has 0 saturated heterocycles. The average molecular weight is 414 g/mol. The fraction of sp³-hybridized carbons (Fsp3) is 0.105. The zero-order valence-electron chi connectivity index (χ0n) is 15.1. The third kappa shape index (κ3) is 5.02. The lowest BCUT2D eigenvalue weighted by molar-refractivity contribution is 0.601. The van der Waals surface area contributed by atoms with Crippen molar-refractivity contribution in [2.45, 2.75) is 18.2 Å². The molecular weight excluding hydrogens is 394 g/mol. The second-order valence-corrected chi connectivity index (χ2v) is 7.88. The summed E-state index contributed by atoms with van der Waals surface area (Å²) < 4.78 is 27.1. The van der Waals surface area contributed by atoms with E-state index in [9.17, 15) is 8.42 Å². The van der Waals surface area contributed by atoms with E-state index < -0.39 is 10.0 Å². The molecule has 3 aromatic rings. The van der Waals surface area contributed by atoms with E-state index in [1.165, 1.54) is 24.5 Å². The maximum absolute atomic E-state index is 12.4. The Morgan fingerprint density at radius 1 is 0.964 bits per heavy atom. The molecular formula is C19H19N5O2S2. The first-order valence-corrected chi connectivity index (χ1v) is 10.4. The van der Waals surface area contributed by atoms with Crippen LogP contribution in [0.4, 0.5) is 17.3 Å². The topological polar surface area (TPSA) is 96.0 Å². The summed E-state index contributed by atoms with van der Waals surface area (Å²) in [5, 5.41) is 6.63. The first-order valence-electron chi connectivity index (χ1n) is 8.54. The van der Waals surface area contributed by atoms with Crippen LogP contribution in [0.1, 0.15) is 12.5 Å². The summed E-state index contributed by atoms with van der Waals surface area (Å²) in [5.41, 5.74) is 2.76. The molecule has 0 fully saturated rings. The lowest BCUT2D eigenvalue weighted by Gasteiger charge is -2.13. The Balaban J connectivity index is 1.66. The number of nitrogens with one attached hydrogen (secondary N) is 3. The lowest BCUT2D eigenvalue weighted by Crippen LogP contribution is -2.20. The van der Waals surface area contributed by atoms with Crippen LogP contribution in [0.3, 0.4) is 0 Å². The minimum atomic E-state index is -3.77. The number of thiocarbonyl (C=S) groups is 1. The van der Waals surface area contributed by atoms with Gasteiger partial charge in [0.05, 0.1) is 4.90 Å². The van der Waals surface area contributed by atoms with Crippen molar-refractivity contribution in [3.8, 4) is 0 Å². The van der Waals surface area contributed by atoms with E-state index in [0.29, 0.717) is 10.8 Å². The maximum atomic E-state index is 12.4. The van der Waals surface area contributed by atoms with Gasteiger partial charge in [0.1, 0.15) is 0 Å². The van der Waals surface area contributed by atoms with Gasteiger partial charge >= 0.3 is 0 Å². The Morgan fingerprint density at radius 2 is 1.64 bits per heavy atom. The number of hydrogen-bond acceptors (Lipinski definition) is 5. The number of sulfonamides is 1. The highest BCUT2D eigenvalue weighted by molar-refractivity contribution is 7.92. The SMILES string of the molecule is CCc1ccccc1NC(=S)Nc1ccc(S(=O)(=O)Nc2ncccn2)cc1. The van der Waals surface area contributed by atoms with Gasteiger partial charge in [0, 0.05) is 23.8 Å². The standard InChI is InChI=1S/C19H19N5O2S2/c1-2-14-6-3-4-7-17(14)23-19(27)22-15-8-10-16(11-9-15)28(25,26)24-18-20-12-5-13-21-18/h3-13H,2H2,1H3,(H,20,21,24)(H2,22,23,27). The van der Waals surface area contributed by atoms with Gasteiger partial charge in [0.15, 0.2) is 5.11 Å². The largest absolute Gasteiger partial charge is 0.332 e. The highest BCUT2D eigenvalue weighted by Gasteiger charge is 2.15. The van der Waals surface area contributed by atoms with Crippen molar-refractivity contribution < 1.29 is 8.42 Å². The monoisotopic (exact) mass is 413 g/mol. The van der Waals surface area contributed by atoms with Gasteiger partial charge < -0.3 is 10.6 Å². The van der Waals surface area contributed by atoms with Crippen molar-refractivity contribution >= 4 is 44.7 Å². The van der Waals surface area contributed by atoms with Gasteiger partial charge in [-0.25, -0.2) is 23.1 Å². The molecule has 0 bridgehead atoms. The van der Waals surface area contributed by atoms with E-state index in [1.54, 1.807) is 18.2 Å². The highest BCUT2D eigenvalue weighted by Crippen LogP contribution is 2.18. The zero-order valence-corrected chi connectivity index (χ0v) is 16.7. The molecule has 2 aromatic carbocycles. The molecule has 1 aromatic heterocycles. The summed E-state index contributed by atoms with van der Waals surface area (Å²) in [7, 11) is -3.77. The van der Waals surface area contributed by atoms with Crippen LogP contribution in [-0.2, 0) is 16.4 Å². The Kier molecular flexibility index (Phi) is 6.17. The number of aryl methyl sites for hydroxylation is 1. The van der Waals surface area contributed by atoms with Gasteiger partial charge in [-0.1, -0.05) is 25.1 Å². The minimum absolute atomic E-state index is 0.0182. The van der Waals surface area contributed by atoms with E-state index in [4.69, 9.17) is 12.2 Å². The molecule has 0 aliphatic heterocycles. The molecule has 0 aliphatic rings. The summed E-state index contributed by atoms with van der Waals surface area (Å²) in [5.74, 6) is 0.0182. The Labute approximate surface area is 169 Å². The smallest absolute Gasteiger partial charge is 0.264 e. The third-order valence-electron chi connectivity index (χ3n) is 3.86. The van der Waals surface area contributed by atoms with Crippen molar-refractivity contribution in [1.82, 2.24) is 9.97 Å². The van der Waals surface area contributed by atoms with Crippen LogP contribution in [0.25, 0.3) is 0 Å². The number of rotatable bonds is 6. The second-order valence-electron chi connectivity index (χ2n) is 5.79. The van der Waals surface area contributed by atoms with Crippen molar-refractivity contribution in [1.29, 1.82) is 0 Å². The van der Waals surface area contributed by atoms with Crippen LogP contribution in [0.2, 0.25) is 0 Å². The molecule has 0 aliphatic carbocycles. The Morgan fingerprint density at radius 3 is 2.32 bits per heavy atom. The fourth-order valence-electron chi connectivity index (χ4n) is 2.48. The molecule has 3 N–H and O–H groups in total. The average Bonchev–Trinajstić information content (AvgIpc) is 2.69. The lowest BCUT2D eigenvalue weighted by atomic mass is 10.1. The molecule has 0 unspecified atom stereocenters. The van der Waals surface area contributed by atoms with E-state index in [-0.39, 0.29) is 10.8 Å². The van der Waals surface area contributed by atoms with Crippen molar-refractivity contribution in [2.75, 3.05) is 15.4 Å². The zero-order chi connectivity index (χ0) is 20.0. The van der Waals surface area contributed by atoms with Crippen molar-refractivity contribution in [3.05, 3.63) is 72.6 Å². The summed E-state index contributed by atoms with van der Waals surface area (Å²) in [6.07, 6.45) is 3.81. The number of benzene rings is 2. The molecule has 1 heterocycles. The second kappa shape index (κ2) is 8.77. The van der Waals surface area contributed by atoms with Gasteiger partial charge in [-0.2, -0.15) is 0 Å². The Bertz CT molecular complexity index is 1060. The van der Waals surface area contributed by atoms with Crippen molar-refractivity contribution in [3.63, 3.8) is 0 Å². The number of nitrogens with zero attached hydrogens (tertiary/aromatic N) is 2. The van der Waals surface area contributed by atoms with Crippen LogP contribution >= 0.6 is 12.2 Å². The van der Waals surface area contributed by atoms with Gasteiger partial charge in [0.25, 0.3) is 10.0 Å². The normalized spacial score (nSPS) is 10.9. The third-order valence-corrected chi connectivity index (χ3v) is 5.41. The van der Waals surface area contributed by atoms with Gasteiger partial charge in [-0.05, 0) is 60.6 Å². The summed E-state index contributed by atoms with van der Waals surface area (Å²) in [4.78, 5) is 7.82. The van der Waals surface area contributed by atoms with Crippen LogP contribution in [0.15, 0.2) is 71.9 Å². The van der Waals surface area contributed by atoms with E-state index >= 15 is 0 Å². The van der Waals surface area contributed by atoms with Gasteiger partial charge in [-0.3, -0.25) is 0 Å². The molecule has 9 heteroatoms. The number of aromatic nitrogens is 2. The minimum Gasteiger partial charge on any atom is -0.332 e. The molecule has 7 nitrogen and oxygen atoms in total. The molecule has 3 rings (SSSR count). The van der Waals surface area contributed by atoms with Crippen LogP contribution in [0.5, 0.6) is 0 Å². The molecule has 144 valence electrons. The highest BCUT2D eigenvalue weighted by atomic mass is 32.2. The number of para-hydroxylation sites is 1. The molecule has 0 amide bonds. The van der Waals surface area contributed by atoms with Crippen molar-refractivity contribution in [2.24, 2.45) is 0 Å². The summed E-state index contributed by atoms with van der Waals surface area (Å²) >= 11 is 5.35. The van der Waals surface area contributed by atoms with Gasteiger partial charge in [0.2, 0.25) is 5.95 Å². The molecule has 0 atom stereocenters. The predicted molar refractivity (Wildman–Crippen MR) is 115 cm³/mol. The first kappa shape index (κ1) is 19.7. The van der Waals surface area contributed by atoms with Gasteiger partial charge in [-0.15, -0.1) is 0 Å². The van der Waals surface area contributed by atoms with E-state index in [0.717, 1.165) is 17.7 Å².